The molecule has 0 aliphatic carbocycles. The summed E-state index contributed by atoms with van der Waals surface area (Å²) in [5.74, 6) is 0.188. The molecule has 0 aliphatic rings. The van der Waals surface area contributed by atoms with Crippen molar-refractivity contribution in [2.45, 2.75) is 24.4 Å². The Morgan fingerprint density at radius 1 is 1.07 bits per heavy atom. The van der Waals surface area contributed by atoms with Crippen molar-refractivity contribution in [2.24, 2.45) is 0 Å². The third kappa shape index (κ3) is 4.81. The predicted octanol–water partition coefficient (Wildman–Crippen LogP) is 3.90. The fourth-order valence-electron chi connectivity index (χ4n) is 2.63. The summed E-state index contributed by atoms with van der Waals surface area (Å²) in [6, 6.07) is 16.0. The minimum Gasteiger partial charge on any atom is -0.468 e. The van der Waals surface area contributed by atoms with Crippen LogP contribution in [0.3, 0.4) is 0 Å². The van der Waals surface area contributed by atoms with Crippen molar-refractivity contribution in [1.82, 2.24) is 10.0 Å². The van der Waals surface area contributed by atoms with E-state index in [0.717, 1.165) is 5.56 Å². The molecule has 28 heavy (non-hydrogen) atoms. The standard InChI is InChI=1S/C20H19ClN2O4S/c1-14(18-6-2-3-7-19(18)21)23-20(24)15-8-10-17(11-9-15)28(25,26)22-13-16-5-4-12-27-16/h2-12,14,22H,13H2,1H3,(H,23,24). The molecule has 6 nitrogen and oxygen atoms in total. The summed E-state index contributed by atoms with van der Waals surface area (Å²) in [5, 5.41) is 3.42. The molecule has 2 N–H and O–H groups in total. The summed E-state index contributed by atoms with van der Waals surface area (Å²) in [6.07, 6.45) is 1.47. The van der Waals surface area contributed by atoms with E-state index in [1.807, 2.05) is 25.1 Å². The normalized spacial score (nSPS) is 12.5. The van der Waals surface area contributed by atoms with Gasteiger partial charge in [0.2, 0.25) is 10.0 Å². The lowest BCUT2D eigenvalue weighted by molar-refractivity contribution is 0.0940. The van der Waals surface area contributed by atoms with E-state index in [4.69, 9.17) is 16.0 Å². The van der Waals surface area contributed by atoms with Crippen LogP contribution in [0, 0.1) is 0 Å². The second kappa shape index (κ2) is 8.60. The molecule has 3 rings (SSSR count). The first kappa shape index (κ1) is 20.1. The quantitative estimate of drug-likeness (QED) is 0.609. The van der Waals surface area contributed by atoms with E-state index in [-0.39, 0.29) is 23.4 Å². The van der Waals surface area contributed by atoms with Gasteiger partial charge in [0, 0.05) is 10.6 Å². The predicted molar refractivity (Wildman–Crippen MR) is 107 cm³/mol. The fraction of sp³-hybridized carbons (Fsp3) is 0.150. The fourth-order valence-corrected chi connectivity index (χ4v) is 3.92. The molecule has 1 atom stereocenters. The maximum atomic E-state index is 12.5. The van der Waals surface area contributed by atoms with Gasteiger partial charge in [-0.05, 0) is 55.0 Å². The molecule has 1 amide bonds. The second-order valence-corrected chi connectivity index (χ2v) is 8.32. The van der Waals surface area contributed by atoms with Crippen LogP contribution in [0.15, 0.2) is 76.2 Å². The monoisotopic (exact) mass is 418 g/mol. The second-order valence-electron chi connectivity index (χ2n) is 6.14. The molecule has 1 unspecified atom stereocenters. The van der Waals surface area contributed by atoms with Crippen molar-refractivity contribution in [3.8, 4) is 0 Å². The zero-order valence-corrected chi connectivity index (χ0v) is 16.6. The van der Waals surface area contributed by atoms with Gasteiger partial charge in [-0.1, -0.05) is 29.8 Å². The summed E-state index contributed by atoms with van der Waals surface area (Å²) < 4.78 is 32.2. The van der Waals surface area contributed by atoms with Crippen molar-refractivity contribution in [3.63, 3.8) is 0 Å². The highest BCUT2D eigenvalue weighted by molar-refractivity contribution is 7.89. The SMILES string of the molecule is CC(NC(=O)c1ccc(S(=O)(=O)NCc2ccco2)cc1)c1ccccc1Cl. The van der Waals surface area contributed by atoms with Gasteiger partial charge < -0.3 is 9.73 Å². The number of halogens is 1. The molecule has 2 aromatic carbocycles. The molecule has 8 heteroatoms. The number of furan rings is 1. The van der Waals surface area contributed by atoms with Crippen LogP contribution in [-0.2, 0) is 16.6 Å². The van der Waals surface area contributed by atoms with E-state index in [9.17, 15) is 13.2 Å². The largest absolute Gasteiger partial charge is 0.468 e. The molecule has 0 aliphatic heterocycles. The molecule has 0 radical (unpaired) electrons. The van der Waals surface area contributed by atoms with Gasteiger partial charge in [-0.2, -0.15) is 0 Å². The van der Waals surface area contributed by atoms with Gasteiger partial charge >= 0.3 is 0 Å². The Labute approximate surface area is 168 Å². The summed E-state index contributed by atoms with van der Waals surface area (Å²) in [7, 11) is -3.71. The highest BCUT2D eigenvalue weighted by Crippen LogP contribution is 2.22. The lowest BCUT2D eigenvalue weighted by Crippen LogP contribution is -2.27. The van der Waals surface area contributed by atoms with Gasteiger partial charge in [0.25, 0.3) is 5.91 Å². The first-order valence-corrected chi connectivity index (χ1v) is 10.4. The van der Waals surface area contributed by atoms with E-state index in [0.29, 0.717) is 16.3 Å². The topological polar surface area (TPSA) is 88.4 Å². The highest BCUT2D eigenvalue weighted by atomic mass is 35.5. The van der Waals surface area contributed by atoms with E-state index >= 15 is 0 Å². The molecular formula is C20H19ClN2O4S. The molecule has 0 bridgehead atoms. The number of benzene rings is 2. The molecule has 0 fully saturated rings. The van der Waals surface area contributed by atoms with Crippen molar-refractivity contribution in [3.05, 3.63) is 88.8 Å². The number of carbonyl (C=O) groups excluding carboxylic acids is 1. The van der Waals surface area contributed by atoms with E-state index in [1.165, 1.54) is 30.5 Å². The van der Waals surface area contributed by atoms with Crippen molar-refractivity contribution >= 4 is 27.5 Å². The van der Waals surface area contributed by atoms with Crippen LogP contribution in [0.25, 0.3) is 0 Å². The zero-order chi connectivity index (χ0) is 20.1. The Hall–Kier alpha value is -2.61. The van der Waals surface area contributed by atoms with E-state index < -0.39 is 10.0 Å². The average molecular weight is 419 g/mol. The number of carbonyl (C=O) groups is 1. The zero-order valence-electron chi connectivity index (χ0n) is 15.1. The van der Waals surface area contributed by atoms with Crippen LogP contribution >= 0.6 is 11.6 Å². The lowest BCUT2D eigenvalue weighted by atomic mass is 10.1. The number of rotatable bonds is 7. The summed E-state index contributed by atoms with van der Waals surface area (Å²) in [5.41, 5.74) is 1.16. The van der Waals surface area contributed by atoms with Crippen molar-refractivity contribution in [1.29, 1.82) is 0 Å². The van der Waals surface area contributed by atoms with Gasteiger partial charge in [-0.3, -0.25) is 4.79 Å². The maximum absolute atomic E-state index is 12.5. The molecule has 0 spiro atoms. The number of hydrogen-bond acceptors (Lipinski definition) is 4. The van der Waals surface area contributed by atoms with Crippen LogP contribution in [0.5, 0.6) is 0 Å². The van der Waals surface area contributed by atoms with E-state index in [2.05, 4.69) is 10.0 Å². The Morgan fingerprint density at radius 2 is 1.79 bits per heavy atom. The van der Waals surface area contributed by atoms with Crippen molar-refractivity contribution in [2.75, 3.05) is 0 Å². The highest BCUT2D eigenvalue weighted by Gasteiger charge is 2.17. The molecule has 1 heterocycles. The van der Waals surface area contributed by atoms with Crippen molar-refractivity contribution < 1.29 is 17.6 Å². The first-order chi connectivity index (χ1) is 13.4. The molecule has 146 valence electrons. The van der Waals surface area contributed by atoms with Crippen LogP contribution < -0.4 is 10.0 Å². The smallest absolute Gasteiger partial charge is 0.251 e. The molecular weight excluding hydrogens is 400 g/mol. The first-order valence-electron chi connectivity index (χ1n) is 8.54. The molecule has 0 saturated heterocycles. The maximum Gasteiger partial charge on any atom is 0.251 e. The van der Waals surface area contributed by atoms with E-state index in [1.54, 1.807) is 18.2 Å². The minimum absolute atomic E-state index is 0.0485. The third-order valence-corrected chi connectivity index (χ3v) is 5.92. The van der Waals surface area contributed by atoms with Gasteiger partial charge in [-0.15, -0.1) is 0 Å². The van der Waals surface area contributed by atoms with Crippen LogP contribution in [-0.4, -0.2) is 14.3 Å². The average Bonchev–Trinajstić information content (AvgIpc) is 3.20. The summed E-state index contributed by atoms with van der Waals surface area (Å²) >= 11 is 6.15. The van der Waals surface area contributed by atoms with Crippen LogP contribution in [0.2, 0.25) is 5.02 Å². The number of hydrogen-bond donors (Lipinski definition) is 2. The van der Waals surface area contributed by atoms with Crippen LogP contribution in [0.4, 0.5) is 0 Å². The minimum atomic E-state index is -3.71. The Kier molecular flexibility index (Phi) is 6.18. The van der Waals surface area contributed by atoms with Gasteiger partial charge in [-0.25, -0.2) is 13.1 Å². The van der Waals surface area contributed by atoms with Gasteiger partial charge in [0.1, 0.15) is 5.76 Å². The molecule has 3 aromatic rings. The Morgan fingerprint density at radius 3 is 2.43 bits per heavy atom. The molecule has 1 aromatic heterocycles. The van der Waals surface area contributed by atoms with Crippen LogP contribution in [0.1, 0.15) is 34.6 Å². The summed E-state index contributed by atoms with van der Waals surface area (Å²) in [6.45, 7) is 1.88. The third-order valence-electron chi connectivity index (χ3n) is 4.16. The number of amides is 1. The van der Waals surface area contributed by atoms with Gasteiger partial charge in [0.05, 0.1) is 23.7 Å². The number of nitrogens with one attached hydrogen (secondary N) is 2. The Bertz CT molecular complexity index is 1050. The molecule has 0 saturated carbocycles. The number of sulfonamides is 1. The summed E-state index contributed by atoms with van der Waals surface area (Å²) in [4.78, 5) is 12.5. The Balaban J connectivity index is 1.66. The van der Waals surface area contributed by atoms with Gasteiger partial charge in [0.15, 0.2) is 0 Å². The lowest BCUT2D eigenvalue weighted by Gasteiger charge is -2.16.